The number of anilines is 1. The highest BCUT2D eigenvalue weighted by Crippen LogP contribution is 2.34. The van der Waals surface area contributed by atoms with Crippen LogP contribution in [0, 0.1) is 0 Å². The Hall–Kier alpha value is -2.72. The molecule has 2 aromatic heterocycles. The minimum Gasteiger partial charge on any atom is -0.398 e. The van der Waals surface area contributed by atoms with E-state index in [1.165, 1.54) is 0 Å². The van der Waals surface area contributed by atoms with Gasteiger partial charge in [0.25, 0.3) is 0 Å². The predicted octanol–water partition coefficient (Wildman–Crippen LogP) is 4.21. The van der Waals surface area contributed by atoms with Gasteiger partial charge in [0.2, 0.25) is 0 Å². The first-order chi connectivity index (χ1) is 11.2. The molecule has 1 aliphatic carbocycles. The first kappa shape index (κ1) is 13.9. The van der Waals surface area contributed by atoms with E-state index in [0.717, 1.165) is 33.0 Å². The number of thiophene rings is 1. The average Bonchev–Trinajstić information content (AvgIpc) is 3.09. The van der Waals surface area contributed by atoms with Gasteiger partial charge < -0.3 is 5.73 Å². The molecule has 0 spiro atoms. The minimum absolute atomic E-state index is 0.0175. The molecular weight excluding hydrogens is 304 g/mol. The number of ketones is 1. The Morgan fingerprint density at radius 3 is 2.83 bits per heavy atom. The number of nitrogens with zero attached hydrogens (tertiary/aromatic N) is 1. The fourth-order valence-electron chi connectivity index (χ4n) is 2.86. The number of carbonyl (C=O) groups excluding carboxylic acids is 1. The van der Waals surface area contributed by atoms with Gasteiger partial charge in [-0.1, -0.05) is 12.1 Å². The summed E-state index contributed by atoms with van der Waals surface area (Å²) in [6.07, 6.45) is 4.11. The molecule has 0 bridgehead atoms. The van der Waals surface area contributed by atoms with Gasteiger partial charge >= 0.3 is 0 Å². The van der Waals surface area contributed by atoms with Gasteiger partial charge in [-0.15, -0.1) is 11.3 Å². The molecule has 0 radical (unpaired) electrons. The van der Waals surface area contributed by atoms with Gasteiger partial charge in [0.05, 0.1) is 5.69 Å². The van der Waals surface area contributed by atoms with Crippen LogP contribution >= 0.6 is 11.3 Å². The number of rotatable bonds is 2. The number of hydrogen-bond donors (Lipinski definition) is 1. The van der Waals surface area contributed by atoms with Crippen LogP contribution in [0.15, 0.2) is 60.1 Å². The van der Waals surface area contributed by atoms with Crippen molar-refractivity contribution in [1.29, 1.82) is 0 Å². The lowest BCUT2D eigenvalue weighted by molar-refractivity contribution is 0.104. The molecular formula is C19H14N2OS. The summed E-state index contributed by atoms with van der Waals surface area (Å²) in [5, 5.41) is 2.03. The molecule has 0 aliphatic heterocycles. The van der Waals surface area contributed by atoms with Crippen molar-refractivity contribution in [2.24, 2.45) is 0 Å². The molecule has 2 N–H and O–H groups in total. The van der Waals surface area contributed by atoms with Crippen LogP contribution in [0.5, 0.6) is 0 Å². The van der Waals surface area contributed by atoms with E-state index in [2.05, 4.69) is 17.1 Å². The second-order valence-corrected chi connectivity index (χ2v) is 6.44. The third-order valence-corrected chi connectivity index (χ3v) is 4.93. The lowest BCUT2D eigenvalue weighted by Gasteiger charge is -2.16. The molecule has 2 heterocycles. The molecule has 4 rings (SSSR count). The Kier molecular flexibility index (Phi) is 3.32. The van der Waals surface area contributed by atoms with Gasteiger partial charge in [0.1, 0.15) is 0 Å². The third kappa shape index (κ3) is 2.47. The minimum atomic E-state index is 0.0175. The van der Waals surface area contributed by atoms with Gasteiger partial charge in [0, 0.05) is 34.3 Å². The Morgan fingerprint density at radius 2 is 2.00 bits per heavy atom. The van der Waals surface area contributed by atoms with Crippen LogP contribution in [-0.4, -0.2) is 10.8 Å². The van der Waals surface area contributed by atoms with Gasteiger partial charge in [-0.3, -0.25) is 9.78 Å². The zero-order valence-electron chi connectivity index (χ0n) is 12.3. The molecule has 23 heavy (non-hydrogen) atoms. The molecule has 0 atom stereocenters. The standard InChI is InChI=1S/C19H14N2OS/c20-16-6-5-12(9-15(16)19-4-2-8-23-19)13-10-17-14(18(22)11-13)3-1-7-21-17/h1-9,11H,10,20H2. The molecule has 0 saturated carbocycles. The van der Waals surface area contributed by atoms with Gasteiger partial charge in [-0.2, -0.15) is 0 Å². The van der Waals surface area contributed by atoms with Crippen molar-refractivity contribution in [2.45, 2.75) is 6.42 Å². The molecule has 4 heteroatoms. The van der Waals surface area contributed by atoms with Crippen LogP contribution in [0.4, 0.5) is 5.69 Å². The summed E-state index contributed by atoms with van der Waals surface area (Å²) >= 11 is 1.66. The van der Waals surface area contributed by atoms with Crippen LogP contribution in [0.1, 0.15) is 21.6 Å². The van der Waals surface area contributed by atoms with Crippen molar-refractivity contribution in [3.8, 4) is 10.4 Å². The fourth-order valence-corrected chi connectivity index (χ4v) is 3.62. The molecule has 1 aromatic carbocycles. The van der Waals surface area contributed by atoms with Crippen molar-refractivity contribution >= 4 is 28.4 Å². The molecule has 3 aromatic rings. The SMILES string of the molecule is Nc1ccc(C2=CC(=O)c3cccnc3C2)cc1-c1cccs1. The van der Waals surface area contributed by atoms with E-state index in [9.17, 15) is 4.79 Å². The second kappa shape index (κ2) is 5.48. The lowest BCUT2D eigenvalue weighted by Crippen LogP contribution is -2.11. The average molecular weight is 318 g/mol. The number of aromatic nitrogens is 1. The fraction of sp³-hybridized carbons (Fsp3) is 0.0526. The van der Waals surface area contributed by atoms with Crippen LogP contribution in [0.25, 0.3) is 16.0 Å². The first-order valence-electron chi connectivity index (χ1n) is 7.35. The summed E-state index contributed by atoms with van der Waals surface area (Å²) in [5.74, 6) is 0.0175. The van der Waals surface area contributed by atoms with Crippen molar-refractivity contribution in [3.05, 3.63) is 76.9 Å². The summed E-state index contributed by atoms with van der Waals surface area (Å²) in [6, 6.07) is 13.6. The first-order valence-corrected chi connectivity index (χ1v) is 8.23. The van der Waals surface area contributed by atoms with E-state index in [4.69, 9.17) is 5.73 Å². The quantitative estimate of drug-likeness (QED) is 0.720. The number of nitrogens with two attached hydrogens (primary N) is 1. The molecule has 0 unspecified atom stereocenters. The molecule has 1 aliphatic rings. The number of carbonyl (C=O) groups is 1. The molecule has 0 fully saturated rings. The smallest absolute Gasteiger partial charge is 0.187 e. The Morgan fingerprint density at radius 1 is 1.09 bits per heavy atom. The number of hydrogen-bond acceptors (Lipinski definition) is 4. The predicted molar refractivity (Wildman–Crippen MR) is 94.4 cm³/mol. The van der Waals surface area contributed by atoms with Crippen LogP contribution in [0.2, 0.25) is 0 Å². The zero-order valence-corrected chi connectivity index (χ0v) is 13.1. The van der Waals surface area contributed by atoms with Crippen LogP contribution in [0.3, 0.4) is 0 Å². The van der Waals surface area contributed by atoms with Crippen molar-refractivity contribution in [1.82, 2.24) is 4.98 Å². The lowest BCUT2D eigenvalue weighted by atomic mass is 9.89. The summed E-state index contributed by atoms with van der Waals surface area (Å²) in [5.41, 5.74) is 11.4. The summed E-state index contributed by atoms with van der Waals surface area (Å²) < 4.78 is 0. The topological polar surface area (TPSA) is 56.0 Å². The van der Waals surface area contributed by atoms with Crippen molar-refractivity contribution < 1.29 is 4.79 Å². The maximum atomic E-state index is 12.3. The number of fused-ring (bicyclic) bond motifs is 1. The number of benzene rings is 1. The highest BCUT2D eigenvalue weighted by Gasteiger charge is 2.20. The molecule has 0 amide bonds. The molecule has 3 nitrogen and oxygen atoms in total. The second-order valence-electron chi connectivity index (χ2n) is 5.49. The van der Waals surface area contributed by atoms with Gasteiger partial charge in [-0.05, 0) is 52.9 Å². The number of allylic oxidation sites excluding steroid dienone is 2. The summed E-state index contributed by atoms with van der Waals surface area (Å²) in [7, 11) is 0. The molecule has 0 saturated heterocycles. The van der Waals surface area contributed by atoms with Gasteiger partial charge in [0.15, 0.2) is 5.78 Å². The molecule has 112 valence electrons. The van der Waals surface area contributed by atoms with Crippen molar-refractivity contribution in [2.75, 3.05) is 5.73 Å². The Bertz CT molecular complexity index is 926. The van der Waals surface area contributed by atoms with E-state index in [1.807, 2.05) is 29.6 Å². The highest BCUT2D eigenvalue weighted by molar-refractivity contribution is 7.13. The van der Waals surface area contributed by atoms with Crippen LogP contribution < -0.4 is 5.73 Å². The Balaban J connectivity index is 1.78. The van der Waals surface area contributed by atoms with Gasteiger partial charge in [-0.25, -0.2) is 0 Å². The van der Waals surface area contributed by atoms with E-state index < -0.39 is 0 Å². The monoisotopic (exact) mass is 318 g/mol. The zero-order chi connectivity index (χ0) is 15.8. The van der Waals surface area contributed by atoms with Crippen LogP contribution in [-0.2, 0) is 6.42 Å². The maximum Gasteiger partial charge on any atom is 0.187 e. The van der Waals surface area contributed by atoms with E-state index >= 15 is 0 Å². The highest BCUT2D eigenvalue weighted by atomic mass is 32.1. The number of nitrogen functional groups attached to an aromatic ring is 1. The van der Waals surface area contributed by atoms with Crippen molar-refractivity contribution in [3.63, 3.8) is 0 Å². The van der Waals surface area contributed by atoms with E-state index in [0.29, 0.717) is 12.0 Å². The largest absolute Gasteiger partial charge is 0.398 e. The van der Waals surface area contributed by atoms with E-state index in [1.54, 1.807) is 29.7 Å². The number of pyridine rings is 1. The summed E-state index contributed by atoms with van der Waals surface area (Å²) in [6.45, 7) is 0. The normalized spacial score (nSPS) is 13.6. The summed E-state index contributed by atoms with van der Waals surface area (Å²) in [4.78, 5) is 17.8. The van der Waals surface area contributed by atoms with E-state index in [-0.39, 0.29) is 5.78 Å². The Labute approximate surface area is 138 Å². The third-order valence-electron chi connectivity index (χ3n) is 4.03. The maximum absolute atomic E-state index is 12.3.